The smallest absolute Gasteiger partial charge is 0.338 e. The molecule has 0 saturated carbocycles. The van der Waals surface area contributed by atoms with Crippen LogP contribution in [-0.2, 0) is 17.6 Å². The predicted molar refractivity (Wildman–Crippen MR) is 130 cm³/mol. The molecule has 0 bridgehead atoms. The fourth-order valence-corrected chi connectivity index (χ4v) is 3.69. The molecule has 0 aromatic heterocycles. The van der Waals surface area contributed by atoms with Gasteiger partial charge in [-0.2, -0.15) is 0 Å². The van der Waals surface area contributed by atoms with Gasteiger partial charge in [-0.3, -0.25) is 4.79 Å². The van der Waals surface area contributed by atoms with E-state index in [1.54, 1.807) is 24.3 Å². The molecule has 0 saturated heterocycles. The molecule has 32 heavy (non-hydrogen) atoms. The Balaban J connectivity index is 1.53. The number of hydrogen-bond donors (Lipinski definition) is 0. The van der Waals surface area contributed by atoms with Crippen LogP contribution in [0.1, 0.15) is 71.4 Å². The Morgan fingerprint density at radius 3 is 1.75 bits per heavy atom. The van der Waals surface area contributed by atoms with E-state index >= 15 is 0 Å². The van der Waals surface area contributed by atoms with Crippen LogP contribution in [0, 0.1) is 0 Å². The molecule has 3 heteroatoms. The van der Waals surface area contributed by atoms with Gasteiger partial charge >= 0.3 is 5.97 Å². The maximum absolute atomic E-state index is 12.4. The maximum atomic E-state index is 12.4. The molecule has 3 nitrogen and oxygen atoms in total. The van der Waals surface area contributed by atoms with Crippen LogP contribution in [0.15, 0.2) is 72.8 Å². The first-order valence-electron chi connectivity index (χ1n) is 11.6. The molecule has 3 aromatic carbocycles. The molecule has 0 heterocycles. The summed E-state index contributed by atoms with van der Waals surface area (Å²) in [5.41, 5.74) is 5.72. The highest BCUT2D eigenvalue weighted by molar-refractivity contribution is 5.99. The number of rotatable bonds is 11. The summed E-state index contributed by atoms with van der Waals surface area (Å²) in [7, 11) is 0. The quantitative estimate of drug-likeness (QED) is 0.186. The van der Waals surface area contributed by atoms with E-state index in [1.165, 1.54) is 30.4 Å². The summed E-state index contributed by atoms with van der Waals surface area (Å²) in [5, 5.41) is 0. The van der Waals surface area contributed by atoms with Gasteiger partial charge in [0.1, 0.15) is 0 Å². The molecule has 0 radical (unpaired) electrons. The van der Waals surface area contributed by atoms with Crippen LogP contribution in [0.2, 0.25) is 0 Å². The van der Waals surface area contributed by atoms with E-state index in [4.69, 9.17) is 4.74 Å². The summed E-state index contributed by atoms with van der Waals surface area (Å²) in [6, 6.07) is 23.4. The van der Waals surface area contributed by atoms with Gasteiger partial charge in [0.25, 0.3) is 0 Å². The molecular formula is C29H32O3. The molecule has 0 spiro atoms. The van der Waals surface area contributed by atoms with Crippen LogP contribution >= 0.6 is 0 Å². The summed E-state index contributed by atoms with van der Waals surface area (Å²) in [4.78, 5) is 24.7. The highest BCUT2D eigenvalue weighted by Gasteiger charge is 2.12. The lowest BCUT2D eigenvalue weighted by Gasteiger charge is -2.07. The standard InChI is InChI=1S/C29H32O3/c1-3-5-6-8-23-9-13-24(14-10-23)25-17-19-27(20-18-25)29(31)32-21-28(30)26-15-11-22(7-4-2)12-16-26/h9-20H,3-8,21H2,1-2H3. The molecule has 0 atom stereocenters. The van der Waals surface area contributed by atoms with Crippen molar-refractivity contribution in [3.05, 3.63) is 95.1 Å². The summed E-state index contributed by atoms with van der Waals surface area (Å²) in [6.07, 6.45) is 6.87. The van der Waals surface area contributed by atoms with E-state index in [0.29, 0.717) is 11.1 Å². The van der Waals surface area contributed by atoms with Gasteiger partial charge in [-0.1, -0.05) is 93.8 Å². The number of benzene rings is 3. The first kappa shape index (κ1) is 23.5. The first-order valence-corrected chi connectivity index (χ1v) is 11.6. The lowest BCUT2D eigenvalue weighted by molar-refractivity contribution is 0.0475. The van der Waals surface area contributed by atoms with E-state index in [0.717, 1.165) is 30.4 Å². The van der Waals surface area contributed by atoms with Crippen molar-refractivity contribution in [3.8, 4) is 11.1 Å². The number of hydrogen-bond acceptors (Lipinski definition) is 3. The van der Waals surface area contributed by atoms with E-state index in [1.807, 2.05) is 24.3 Å². The van der Waals surface area contributed by atoms with Crippen molar-refractivity contribution in [2.75, 3.05) is 6.61 Å². The van der Waals surface area contributed by atoms with Gasteiger partial charge in [-0.25, -0.2) is 4.79 Å². The monoisotopic (exact) mass is 428 g/mol. The number of ether oxygens (including phenoxy) is 1. The molecule has 0 N–H and O–H groups in total. The summed E-state index contributed by atoms with van der Waals surface area (Å²) in [5.74, 6) is -0.684. The topological polar surface area (TPSA) is 43.4 Å². The minimum absolute atomic E-state index is 0.197. The van der Waals surface area contributed by atoms with Crippen LogP contribution in [-0.4, -0.2) is 18.4 Å². The average Bonchev–Trinajstić information content (AvgIpc) is 2.84. The van der Waals surface area contributed by atoms with Crippen molar-refractivity contribution in [1.82, 2.24) is 0 Å². The third-order valence-electron chi connectivity index (χ3n) is 5.63. The van der Waals surface area contributed by atoms with Gasteiger partial charge in [0.05, 0.1) is 5.56 Å². The van der Waals surface area contributed by atoms with Crippen molar-refractivity contribution in [2.45, 2.75) is 52.4 Å². The molecule has 0 amide bonds. The Morgan fingerprint density at radius 1 is 0.625 bits per heavy atom. The number of aryl methyl sites for hydroxylation is 2. The van der Waals surface area contributed by atoms with Crippen LogP contribution < -0.4 is 0 Å². The molecule has 0 aliphatic heterocycles. The predicted octanol–water partition coefficient (Wildman–Crippen LogP) is 7.08. The molecule has 0 fully saturated rings. The molecule has 166 valence electrons. The Labute approximate surface area is 191 Å². The van der Waals surface area contributed by atoms with Gasteiger partial charge in [0.15, 0.2) is 12.4 Å². The largest absolute Gasteiger partial charge is 0.454 e. The zero-order valence-corrected chi connectivity index (χ0v) is 19.1. The Bertz CT molecular complexity index is 1000. The van der Waals surface area contributed by atoms with E-state index in [-0.39, 0.29) is 12.4 Å². The third-order valence-corrected chi connectivity index (χ3v) is 5.63. The van der Waals surface area contributed by atoms with Crippen LogP contribution in [0.5, 0.6) is 0 Å². The first-order chi connectivity index (χ1) is 15.6. The van der Waals surface area contributed by atoms with Crippen molar-refractivity contribution < 1.29 is 14.3 Å². The van der Waals surface area contributed by atoms with Gasteiger partial charge < -0.3 is 4.74 Å². The second-order valence-corrected chi connectivity index (χ2v) is 8.18. The summed E-state index contributed by atoms with van der Waals surface area (Å²) in [6.45, 7) is 4.08. The van der Waals surface area contributed by atoms with Crippen molar-refractivity contribution in [1.29, 1.82) is 0 Å². The van der Waals surface area contributed by atoms with E-state index in [9.17, 15) is 9.59 Å². The highest BCUT2D eigenvalue weighted by Crippen LogP contribution is 2.21. The molecule has 0 aliphatic carbocycles. The van der Waals surface area contributed by atoms with Gasteiger partial charge in [0.2, 0.25) is 0 Å². The van der Waals surface area contributed by atoms with Crippen LogP contribution in [0.4, 0.5) is 0 Å². The molecule has 3 rings (SSSR count). The van der Waals surface area contributed by atoms with Gasteiger partial charge in [-0.05, 0) is 53.6 Å². The fourth-order valence-electron chi connectivity index (χ4n) is 3.69. The summed E-state index contributed by atoms with van der Waals surface area (Å²) < 4.78 is 5.24. The summed E-state index contributed by atoms with van der Waals surface area (Å²) >= 11 is 0. The zero-order chi connectivity index (χ0) is 22.8. The molecule has 3 aromatic rings. The molecular weight excluding hydrogens is 396 g/mol. The number of esters is 1. The maximum Gasteiger partial charge on any atom is 0.338 e. The normalized spacial score (nSPS) is 10.7. The number of carbonyl (C=O) groups excluding carboxylic acids is 2. The molecule has 0 aliphatic rings. The lowest BCUT2D eigenvalue weighted by atomic mass is 10.0. The highest BCUT2D eigenvalue weighted by atomic mass is 16.5. The fraction of sp³-hybridized carbons (Fsp3) is 0.310. The lowest BCUT2D eigenvalue weighted by Crippen LogP contribution is -2.14. The third kappa shape index (κ3) is 6.65. The number of ketones is 1. The van der Waals surface area contributed by atoms with Crippen molar-refractivity contribution >= 4 is 11.8 Å². The van der Waals surface area contributed by atoms with Crippen molar-refractivity contribution in [3.63, 3.8) is 0 Å². The average molecular weight is 429 g/mol. The second kappa shape index (κ2) is 12.0. The number of Topliss-reactive ketones (excluding diaryl/α,β-unsaturated/α-hetero) is 1. The minimum atomic E-state index is -0.487. The minimum Gasteiger partial charge on any atom is -0.454 e. The van der Waals surface area contributed by atoms with Gasteiger partial charge in [0, 0.05) is 5.56 Å². The van der Waals surface area contributed by atoms with Crippen LogP contribution in [0.25, 0.3) is 11.1 Å². The Kier molecular flexibility index (Phi) is 8.79. The second-order valence-electron chi connectivity index (χ2n) is 8.18. The van der Waals surface area contributed by atoms with Crippen molar-refractivity contribution in [2.24, 2.45) is 0 Å². The Hall–Kier alpha value is -3.20. The SMILES string of the molecule is CCCCCc1ccc(-c2ccc(C(=O)OCC(=O)c3ccc(CCC)cc3)cc2)cc1. The Morgan fingerprint density at radius 2 is 1.16 bits per heavy atom. The zero-order valence-electron chi connectivity index (χ0n) is 19.1. The van der Waals surface area contributed by atoms with E-state index in [2.05, 4.69) is 38.1 Å². The van der Waals surface area contributed by atoms with Gasteiger partial charge in [-0.15, -0.1) is 0 Å². The van der Waals surface area contributed by atoms with E-state index < -0.39 is 5.97 Å². The number of unbranched alkanes of at least 4 members (excludes halogenated alkanes) is 2. The number of carbonyl (C=O) groups is 2. The van der Waals surface area contributed by atoms with Crippen LogP contribution in [0.3, 0.4) is 0 Å². The molecule has 0 unspecified atom stereocenters.